The topological polar surface area (TPSA) is 71.4 Å². The molecular formula is C29H30EuF6O4P2. The van der Waals surface area contributed by atoms with Crippen LogP contribution < -0.4 is 10.6 Å². The molecule has 229 valence electrons. The number of aliphatic hydroxyl groups excluding tert-OH is 1. The van der Waals surface area contributed by atoms with Gasteiger partial charge in [-0.2, -0.15) is 26.3 Å². The minimum Gasteiger partial charge on any atom is -0.504 e. The van der Waals surface area contributed by atoms with Crippen molar-refractivity contribution in [2.24, 2.45) is 0 Å². The number of aryl methyl sites for hydroxylation is 2. The van der Waals surface area contributed by atoms with Crippen LogP contribution in [0, 0.1) is 63.2 Å². The summed E-state index contributed by atoms with van der Waals surface area (Å²) in [7, 11) is -2.73. The van der Waals surface area contributed by atoms with E-state index in [1.807, 2.05) is 88.4 Å². The van der Waals surface area contributed by atoms with Crippen LogP contribution in [-0.2, 0) is 13.9 Å². The molecule has 0 aliphatic carbocycles. The minimum absolute atomic E-state index is 0. The Morgan fingerprint density at radius 1 is 0.833 bits per heavy atom. The number of alkyl halides is 6. The zero-order chi connectivity index (χ0) is 32.0. The predicted octanol–water partition coefficient (Wildman–Crippen LogP) is 9.20. The number of carbonyl (C=O) groups excluding carboxylic acids is 1. The fourth-order valence-electron chi connectivity index (χ4n) is 3.15. The number of rotatable bonds is 7. The number of allylic oxidation sites excluding steroid dienone is 8. The molecule has 13 heteroatoms. The molecule has 0 spiro atoms. The van der Waals surface area contributed by atoms with Gasteiger partial charge in [-0.05, 0) is 44.9 Å². The number of hydrogen-bond donors (Lipinski definition) is 1. The van der Waals surface area contributed by atoms with Gasteiger partial charge in [0.1, 0.15) is 0 Å². The first-order valence-electron chi connectivity index (χ1n) is 11.7. The van der Waals surface area contributed by atoms with Crippen molar-refractivity contribution in [3.05, 3.63) is 120 Å². The van der Waals surface area contributed by atoms with Crippen molar-refractivity contribution in [2.45, 2.75) is 40.0 Å². The van der Waals surface area contributed by atoms with Crippen molar-refractivity contribution in [1.82, 2.24) is 0 Å². The molecule has 0 amide bonds. The van der Waals surface area contributed by atoms with Gasteiger partial charge in [-0.1, -0.05) is 79.9 Å². The van der Waals surface area contributed by atoms with Gasteiger partial charge in [0.05, 0.1) is 0 Å². The van der Waals surface area contributed by atoms with Gasteiger partial charge in [0.25, 0.3) is 5.78 Å². The van der Waals surface area contributed by atoms with Gasteiger partial charge < -0.3 is 9.67 Å². The van der Waals surface area contributed by atoms with Crippen molar-refractivity contribution < 1.29 is 94.8 Å². The summed E-state index contributed by atoms with van der Waals surface area (Å²) in [6.45, 7) is 15.3. The van der Waals surface area contributed by atoms with Gasteiger partial charge in [-0.25, -0.2) is 0 Å². The molecule has 0 heterocycles. The molecule has 4 nitrogen and oxygen atoms in total. The molecule has 2 rings (SSSR count). The third-order valence-corrected chi connectivity index (χ3v) is 9.46. The summed E-state index contributed by atoms with van der Waals surface area (Å²) in [5, 5.41) is 11.2. The van der Waals surface area contributed by atoms with Gasteiger partial charge in [-0.3, -0.25) is 9.36 Å². The minimum atomic E-state index is -5.42. The number of aliphatic hydroxyl groups is 1. The Morgan fingerprint density at radius 2 is 1.26 bits per heavy atom. The summed E-state index contributed by atoms with van der Waals surface area (Å²) in [5.74, 6) is -5.34. The largest absolute Gasteiger partial charge is 0.504 e. The van der Waals surface area contributed by atoms with Crippen molar-refractivity contribution in [3.8, 4) is 0 Å². The van der Waals surface area contributed by atoms with Gasteiger partial charge >= 0.3 is 12.4 Å². The van der Waals surface area contributed by atoms with Crippen LogP contribution in [0.5, 0.6) is 0 Å². The molecule has 0 fully saturated rings. The Bertz CT molecular complexity index is 1350. The van der Waals surface area contributed by atoms with Crippen molar-refractivity contribution in [3.63, 3.8) is 0 Å². The molecule has 0 unspecified atom stereocenters. The van der Waals surface area contributed by atoms with E-state index in [4.69, 9.17) is 5.11 Å². The molecule has 0 atom stereocenters. The molecule has 1 N–H and O–H groups in total. The van der Waals surface area contributed by atoms with Crippen LogP contribution in [0.15, 0.2) is 108 Å². The smallest absolute Gasteiger partial charge is 0.454 e. The summed E-state index contributed by atoms with van der Waals surface area (Å²) in [6.07, 6.45) is -4.58. The SMILES string of the molecule is C=C/C(=C/C)P(=O)(/C(C=C)=C\C)c1ccccc1C.Cc1ccccc1P=O.O=C(/C=C(\O)C(F)(F)F)C(F)(F)F.[Eu]. The molecule has 0 bridgehead atoms. The molecule has 0 saturated heterocycles. The number of ketones is 1. The van der Waals surface area contributed by atoms with E-state index in [1.54, 1.807) is 12.2 Å². The van der Waals surface area contributed by atoms with Gasteiger partial charge in [0, 0.05) is 76.7 Å². The predicted molar refractivity (Wildman–Crippen MR) is 153 cm³/mol. The third kappa shape index (κ3) is 12.8. The average molecular weight is 770 g/mol. The van der Waals surface area contributed by atoms with E-state index in [9.17, 15) is 40.3 Å². The average Bonchev–Trinajstić information content (AvgIpc) is 2.90. The summed E-state index contributed by atoms with van der Waals surface area (Å²) in [4.78, 5) is 9.86. The standard InChI is InChI=1S/C17H21OP.C7H7OP.C5H2F6O2.Eu/c1-6-15(7-2)19(18,16(8-3)9-4)17-13-11-10-12-14(17)5;1-6-4-2-3-5-7(6)9-8;6-4(7,8)2(12)1-3(13)5(9,10)11;/h6-13H,1,3H2,2,4-5H3;2-5H,1H3;1,12H;/b15-7-,16-9-;;2-1-;. The second-order valence-corrected chi connectivity index (χ2v) is 11.4. The van der Waals surface area contributed by atoms with E-state index in [0.29, 0.717) is 0 Å². The quantitative estimate of drug-likeness (QED) is 0.100. The number of halogens is 6. The number of carbonyl (C=O) groups is 1. The fourth-order valence-corrected chi connectivity index (χ4v) is 6.48. The summed E-state index contributed by atoms with van der Waals surface area (Å²) < 4.78 is 92.1. The van der Waals surface area contributed by atoms with E-state index < -0.39 is 37.1 Å². The first-order valence-corrected chi connectivity index (χ1v) is 14.2. The van der Waals surface area contributed by atoms with Crippen LogP contribution in [0.4, 0.5) is 26.3 Å². The second kappa shape index (κ2) is 19.4. The zero-order valence-electron chi connectivity index (χ0n) is 23.1. The molecule has 2 aromatic rings. The molecule has 2 aromatic carbocycles. The van der Waals surface area contributed by atoms with Gasteiger partial charge in [0.15, 0.2) is 15.6 Å². The molecule has 0 aliphatic heterocycles. The van der Waals surface area contributed by atoms with Crippen molar-refractivity contribution in [2.75, 3.05) is 0 Å². The summed E-state index contributed by atoms with van der Waals surface area (Å²) in [6, 6.07) is 15.4. The maximum Gasteiger partial charge on any atom is 0.454 e. The van der Waals surface area contributed by atoms with E-state index in [-0.39, 0.29) is 57.8 Å². The van der Waals surface area contributed by atoms with Gasteiger partial charge in [0.2, 0.25) is 5.76 Å². The maximum atomic E-state index is 13.7. The Kier molecular flexibility index (Phi) is 19.5. The number of benzene rings is 2. The van der Waals surface area contributed by atoms with E-state index in [2.05, 4.69) is 13.2 Å². The Balaban J connectivity index is 0. The maximum absolute atomic E-state index is 13.7. The Hall–Kier alpha value is -1.90. The third-order valence-electron chi connectivity index (χ3n) is 5.24. The molecule has 0 aliphatic rings. The monoisotopic (exact) mass is 771 g/mol. The molecule has 1 radical (unpaired) electrons. The number of hydrogen-bond acceptors (Lipinski definition) is 4. The van der Waals surface area contributed by atoms with Crippen LogP contribution in [0.3, 0.4) is 0 Å². The van der Waals surface area contributed by atoms with Gasteiger partial charge in [-0.15, -0.1) is 0 Å². The normalized spacial score (nSPS) is 13.7. The van der Waals surface area contributed by atoms with E-state index in [1.165, 1.54) is 0 Å². The van der Waals surface area contributed by atoms with Crippen LogP contribution in [0.2, 0.25) is 0 Å². The van der Waals surface area contributed by atoms with Crippen molar-refractivity contribution in [1.29, 1.82) is 0 Å². The fraction of sp³-hybridized carbons (Fsp3) is 0.207. The van der Waals surface area contributed by atoms with Crippen LogP contribution in [0.1, 0.15) is 25.0 Å². The first kappa shape index (κ1) is 42.2. The van der Waals surface area contributed by atoms with Crippen LogP contribution >= 0.6 is 15.6 Å². The summed E-state index contributed by atoms with van der Waals surface area (Å²) >= 11 is 0. The Morgan fingerprint density at radius 3 is 1.57 bits per heavy atom. The molecular weight excluding hydrogens is 740 g/mol. The zero-order valence-corrected chi connectivity index (χ0v) is 27.3. The van der Waals surface area contributed by atoms with E-state index >= 15 is 0 Å². The Labute approximate surface area is 284 Å². The summed E-state index contributed by atoms with van der Waals surface area (Å²) in [5.41, 5.74) is 2.10. The second-order valence-electron chi connectivity index (χ2n) is 8.00. The molecule has 0 saturated carbocycles. The van der Waals surface area contributed by atoms with Crippen LogP contribution in [0.25, 0.3) is 0 Å². The van der Waals surface area contributed by atoms with Crippen molar-refractivity contribution >= 4 is 32.0 Å². The van der Waals surface area contributed by atoms with E-state index in [0.717, 1.165) is 32.4 Å². The molecule has 0 aromatic heterocycles. The first-order chi connectivity index (χ1) is 18.9. The van der Waals surface area contributed by atoms with Crippen LogP contribution in [-0.4, -0.2) is 23.2 Å². The molecule has 42 heavy (non-hydrogen) atoms.